The molecular weight excluding hydrogens is 346 g/mol. The molecule has 1 aliphatic heterocycles. The Hall–Kier alpha value is -3.09. The third-order valence-corrected chi connectivity index (χ3v) is 4.19. The summed E-state index contributed by atoms with van der Waals surface area (Å²) in [6.07, 6.45) is -0.871. The largest absolute Gasteiger partial charge is 0.472 e. The second-order valence-electron chi connectivity index (χ2n) is 6.87. The van der Waals surface area contributed by atoms with Gasteiger partial charge in [-0.25, -0.2) is 9.78 Å². The Labute approximate surface area is 158 Å². The number of nitrogen functional groups attached to an aromatic ring is 1. The van der Waals surface area contributed by atoms with Crippen molar-refractivity contribution in [2.24, 2.45) is 5.92 Å². The van der Waals surface area contributed by atoms with Gasteiger partial charge < -0.3 is 15.2 Å². The third-order valence-electron chi connectivity index (χ3n) is 4.19. The van der Waals surface area contributed by atoms with Crippen LogP contribution in [0.4, 0.5) is 11.6 Å². The highest BCUT2D eigenvalue weighted by Gasteiger charge is 2.41. The first-order valence-corrected chi connectivity index (χ1v) is 8.86. The van der Waals surface area contributed by atoms with Crippen LogP contribution in [0.5, 0.6) is 5.75 Å². The third kappa shape index (κ3) is 3.86. The Kier molecular flexibility index (Phi) is 5.30. The van der Waals surface area contributed by atoms with Gasteiger partial charge in [0.15, 0.2) is 11.6 Å². The molecule has 7 heteroatoms. The summed E-state index contributed by atoms with van der Waals surface area (Å²) < 4.78 is 11.2. The molecule has 0 bridgehead atoms. The number of pyridine rings is 1. The van der Waals surface area contributed by atoms with Crippen molar-refractivity contribution in [2.45, 2.75) is 32.9 Å². The fraction of sp³-hybridized carbons (Fsp3) is 0.350. The van der Waals surface area contributed by atoms with Gasteiger partial charge in [-0.3, -0.25) is 9.69 Å². The van der Waals surface area contributed by atoms with Crippen LogP contribution in [-0.4, -0.2) is 29.5 Å². The number of fused-ring (bicyclic) bond motifs is 1. The minimum atomic E-state index is -0.871. The van der Waals surface area contributed by atoms with Crippen molar-refractivity contribution in [2.75, 3.05) is 17.2 Å². The summed E-state index contributed by atoms with van der Waals surface area (Å²) in [7, 11) is 0. The van der Waals surface area contributed by atoms with Crippen molar-refractivity contribution in [3.05, 3.63) is 48.0 Å². The Morgan fingerprint density at radius 3 is 2.59 bits per heavy atom. The SMILES string of the molecule is CC(C)COC(=O)C(C)N1C(=O)C(c2ccccc2)Oc2ccc(N)nc21. The minimum absolute atomic E-state index is 0.194. The molecule has 0 fully saturated rings. The summed E-state index contributed by atoms with van der Waals surface area (Å²) in [4.78, 5) is 31.2. The monoisotopic (exact) mass is 369 g/mol. The number of amides is 1. The fourth-order valence-electron chi connectivity index (χ4n) is 2.81. The van der Waals surface area contributed by atoms with E-state index in [4.69, 9.17) is 15.2 Å². The first kappa shape index (κ1) is 18.7. The van der Waals surface area contributed by atoms with E-state index < -0.39 is 18.1 Å². The molecule has 1 aliphatic rings. The summed E-state index contributed by atoms with van der Waals surface area (Å²) in [5, 5.41) is 0. The molecule has 0 saturated carbocycles. The summed E-state index contributed by atoms with van der Waals surface area (Å²) in [6, 6.07) is 11.5. The maximum atomic E-state index is 13.2. The number of hydrogen-bond acceptors (Lipinski definition) is 6. The van der Waals surface area contributed by atoms with E-state index in [1.807, 2.05) is 32.0 Å². The molecular formula is C20H23N3O4. The molecule has 1 aromatic carbocycles. The molecule has 0 spiro atoms. The highest BCUT2D eigenvalue weighted by Crippen LogP contribution is 2.39. The van der Waals surface area contributed by atoms with Crippen LogP contribution in [0.3, 0.4) is 0 Å². The first-order valence-electron chi connectivity index (χ1n) is 8.86. The van der Waals surface area contributed by atoms with Gasteiger partial charge in [0.2, 0.25) is 6.10 Å². The molecule has 2 unspecified atom stereocenters. The predicted molar refractivity (Wildman–Crippen MR) is 101 cm³/mol. The van der Waals surface area contributed by atoms with E-state index in [1.165, 1.54) is 4.90 Å². The van der Waals surface area contributed by atoms with Gasteiger partial charge in [-0.2, -0.15) is 0 Å². The smallest absolute Gasteiger partial charge is 0.329 e. The molecule has 1 aromatic heterocycles. The van der Waals surface area contributed by atoms with Crippen LogP contribution in [0.25, 0.3) is 0 Å². The van der Waals surface area contributed by atoms with Gasteiger partial charge in [0, 0.05) is 5.56 Å². The van der Waals surface area contributed by atoms with Crippen LogP contribution in [0, 0.1) is 5.92 Å². The van der Waals surface area contributed by atoms with E-state index in [2.05, 4.69) is 4.98 Å². The number of nitrogens with zero attached hydrogens (tertiary/aromatic N) is 2. The van der Waals surface area contributed by atoms with Gasteiger partial charge in [-0.1, -0.05) is 44.2 Å². The zero-order chi connectivity index (χ0) is 19.6. The standard InChI is InChI=1S/C20H23N3O4/c1-12(2)11-26-20(25)13(3)23-18-15(9-10-16(21)22-18)27-17(19(23)24)14-7-5-4-6-8-14/h4-10,12-13,17H,11H2,1-3H3,(H2,21,22). The molecule has 2 heterocycles. The summed E-state index contributed by atoms with van der Waals surface area (Å²) in [5.74, 6) is 0.153. The first-order chi connectivity index (χ1) is 12.9. The second-order valence-corrected chi connectivity index (χ2v) is 6.87. The van der Waals surface area contributed by atoms with Gasteiger partial charge >= 0.3 is 5.97 Å². The van der Waals surface area contributed by atoms with E-state index in [9.17, 15) is 9.59 Å². The second kappa shape index (κ2) is 7.65. The molecule has 142 valence electrons. The number of nitrogens with two attached hydrogens (primary N) is 1. The van der Waals surface area contributed by atoms with Crippen LogP contribution in [-0.2, 0) is 14.3 Å². The zero-order valence-corrected chi connectivity index (χ0v) is 15.6. The predicted octanol–water partition coefficient (Wildman–Crippen LogP) is 2.72. The molecule has 2 aromatic rings. The zero-order valence-electron chi connectivity index (χ0n) is 15.6. The number of benzene rings is 1. The number of rotatable bonds is 5. The molecule has 2 N–H and O–H groups in total. The molecule has 2 atom stereocenters. The fourth-order valence-corrected chi connectivity index (χ4v) is 2.81. The molecule has 0 radical (unpaired) electrons. The van der Waals surface area contributed by atoms with Gasteiger partial charge in [0.25, 0.3) is 5.91 Å². The van der Waals surface area contributed by atoms with Crippen molar-refractivity contribution < 1.29 is 19.1 Å². The highest BCUT2D eigenvalue weighted by molar-refractivity contribution is 6.04. The number of esters is 1. The average Bonchev–Trinajstić information content (AvgIpc) is 2.66. The molecule has 0 aliphatic carbocycles. The Bertz CT molecular complexity index is 838. The van der Waals surface area contributed by atoms with Crippen LogP contribution >= 0.6 is 0 Å². The Morgan fingerprint density at radius 2 is 1.93 bits per heavy atom. The quantitative estimate of drug-likeness (QED) is 0.815. The average molecular weight is 369 g/mol. The van der Waals surface area contributed by atoms with E-state index in [0.29, 0.717) is 11.3 Å². The van der Waals surface area contributed by atoms with E-state index in [1.54, 1.807) is 31.2 Å². The van der Waals surface area contributed by atoms with Gasteiger partial charge in [-0.05, 0) is 25.0 Å². The van der Waals surface area contributed by atoms with Crippen molar-refractivity contribution in [3.63, 3.8) is 0 Å². The summed E-state index contributed by atoms with van der Waals surface area (Å²) in [5.41, 5.74) is 6.48. The maximum absolute atomic E-state index is 13.2. The molecule has 27 heavy (non-hydrogen) atoms. The summed E-state index contributed by atoms with van der Waals surface area (Å²) in [6.45, 7) is 5.78. The van der Waals surface area contributed by atoms with Gasteiger partial charge in [-0.15, -0.1) is 0 Å². The highest BCUT2D eigenvalue weighted by atomic mass is 16.5. The minimum Gasteiger partial charge on any atom is -0.472 e. The van der Waals surface area contributed by atoms with Crippen molar-refractivity contribution in [3.8, 4) is 5.75 Å². The van der Waals surface area contributed by atoms with Crippen molar-refractivity contribution in [1.29, 1.82) is 0 Å². The lowest BCUT2D eigenvalue weighted by atomic mass is 10.1. The number of carbonyl (C=O) groups is 2. The Morgan fingerprint density at radius 1 is 1.22 bits per heavy atom. The lowest BCUT2D eigenvalue weighted by molar-refractivity contribution is -0.147. The van der Waals surface area contributed by atoms with E-state index in [0.717, 1.165) is 0 Å². The number of aromatic nitrogens is 1. The van der Waals surface area contributed by atoms with E-state index >= 15 is 0 Å². The van der Waals surface area contributed by atoms with Gasteiger partial charge in [0.05, 0.1) is 6.61 Å². The lowest BCUT2D eigenvalue weighted by Gasteiger charge is -2.36. The maximum Gasteiger partial charge on any atom is 0.329 e. The number of anilines is 2. The number of ether oxygens (including phenoxy) is 2. The molecule has 1 amide bonds. The molecule has 0 saturated heterocycles. The lowest BCUT2D eigenvalue weighted by Crippen LogP contribution is -2.50. The Balaban J connectivity index is 1.98. The van der Waals surface area contributed by atoms with Gasteiger partial charge in [0.1, 0.15) is 11.9 Å². The topological polar surface area (TPSA) is 94.8 Å². The number of carbonyl (C=O) groups excluding carboxylic acids is 2. The normalized spacial score (nSPS) is 17.3. The molecule has 7 nitrogen and oxygen atoms in total. The van der Waals surface area contributed by atoms with E-state index in [-0.39, 0.29) is 30.1 Å². The van der Waals surface area contributed by atoms with Crippen LogP contribution in [0.1, 0.15) is 32.4 Å². The number of hydrogen-bond donors (Lipinski definition) is 1. The van der Waals surface area contributed by atoms with Crippen molar-refractivity contribution >= 4 is 23.5 Å². The van der Waals surface area contributed by atoms with Crippen LogP contribution in [0.15, 0.2) is 42.5 Å². The molecule has 3 rings (SSSR count). The summed E-state index contributed by atoms with van der Waals surface area (Å²) >= 11 is 0. The van der Waals surface area contributed by atoms with Crippen molar-refractivity contribution in [1.82, 2.24) is 4.98 Å². The van der Waals surface area contributed by atoms with Crippen LogP contribution < -0.4 is 15.4 Å². The van der Waals surface area contributed by atoms with Crippen LogP contribution in [0.2, 0.25) is 0 Å².